The van der Waals surface area contributed by atoms with Crippen molar-refractivity contribution in [1.82, 2.24) is 4.90 Å². The fraction of sp³-hybridized carbons (Fsp3) is 0.423. The van der Waals surface area contributed by atoms with Gasteiger partial charge >= 0.3 is 5.97 Å². The summed E-state index contributed by atoms with van der Waals surface area (Å²) in [5, 5.41) is 0. The lowest BCUT2D eigenvalue weighted by molar-refractivity contribution is 0.0596. The number of methoxy groups -OCH3 is 1. The summed E-state index contributed by atoms with van der Waals surface area (Å²) in [6.07, 6.45) is 5.42. The third kappa shape index (κ3) is 5.19. The number of hydrogen-bond donors (Lipinski definition) is 1. The third-order valence-electron chi connectivity index (χ3n) is 6.69. The molecule has 2 aliphatic heterocycles. The fourth-order valence-corrected chi connectivity index (χ4v) is 6.00. The van der Waals surface area contributed by atoms with E-state index in [1.54, 1.807) is 24.3 Å². The zero-order chi connectivity index (χ0) is 25.9. The number of sulfonamides is 1. The lowest BCUT2D eigenvalue weighted by Crippen LogP contribution is -2.38. The topological polar surface area (TPSA) is 88.2 Å². The van der Waals surface area contributed by atoms with Gasteiger partial charge in [0, 0.05) is 13.1 Å². The van der Waals surface area contributed by atoms with Gasteiger partial charge in [-0.15, -0.1) is 0 Å². The number of esters is 1. The molecule has 0 aromatic heterocycles. The number of carbonyl (C=O) groups is 1. The molecule has 2 aromatic carbocycles. The number of ether oxygens (including phenoxy) is 2. The van der Waals surface area contributed by atoms with E-state index in [0.717, 1.165) is 44.2 Å². The minimum Gasteiger partial charge on any atom is -0.488 e. The van der Waals surface area contributed by atoms with E-state index in [9.17, 15) is 17.6 Å². The van der Waals surface area contributed by atoms with Gasteiger partial charge < -0.3 is 19.3 Å². The van der Waals surface area contributed by atoms with E-state index >= 15 is 0 Å². The summed E-state index contributed by atoms with van der Waals surface area (Å²) in [5.41, 5.74) is 1.02. The molecule has 0 saturated carbocycles. The van der Waals surface area contributed by atoms with Gasteiger partial charge in [0.25, 0.3) is 10.0 Å². The van der Waals surface area contributed by atoms with Crippen LogP contribution in [0.2, 0.25) is 0 Å². The van der Waals surface area contributed by atoms with Crippen molar-refractivity contribution in [1.29, 1.82) is 0 Å². The van der Waals surface area contributed by atoms with E-state index < -0.39 is 21.8 Å². The van der Waals surface area contributed by atoms with Crippen LogP contribution in [-0.4, -0.2) is 65.2 Å². The number of hydrogen-bond acceptors (Lipinski definition) is 7. The van der Waals surface area contributed by atoms with Crippen LogP contribution in [0.1, 0.15) is 42.6 Å². The zero-order valence-corrected chi connectivity index (χ0v) is 21.6. The number of fused-ring (bicyclic) bond motifs is 3. The second-order valence-corrected chi connectivity index (χ2v) is 10.5. The summed E-state index contributed by atoms with van der Waals surface area (Å²) >= 11 is 0. The van der Waals surface area contributed by atoms with Crippen LogP contribution in [0.15, 0.2) is 41.3 Å². The Kier molecular flexibility index (Phi) is 7.85. The number of carbonyl (C=O) groups excluding carboxylic acids is 1. The Morgan fingerprint density at radius 3 is 2.78 bits per heavy atom. The first kappa shape index (κ1) is 26.0. The molecule has 0 unspecified atom stereocenters. The number of halogens is 1. The molecule has 4 rings (SSSR count). The first-order valence-corrected chi connectivity index (χ1v) is 13.6. The van der Waals surface area contributed by atoms with Crippen LogP contribution >= 0.6 is 0 Å². The Labute approximate surface area is 211 Å². The highest BCUT2D eigenvalue weighted by Crippen LogP contribution is 2.44. The highest BCUT2D eigenvalue weighted by atomic mass is 32.2. The fourth-order valence-electron chi connectivity index (χ4n) is 4.74. The average molecular weight is 518 g/mol. The van der Waals surface area contributed by atoms with E-state index in [1.165, 1.54) is 19.2 Å². The molecule has 2 aromatic rings. The maximum Gasteiger partial charge on any atom is 0.343 e. The van der Waals surface area contributed by atoms with Crippen molar-refractivity contribution in [3.05, 3.63) is 53.4 Å². The highest BCUT2D eigenvalue weighted by molar-refractivity contribution is 7.92. The average Bonchev–Trinajstić information content (AvgIpc) is 3.35. The van der Waals surface area contributed by atoms with Crippen molar-refractivity contribution in [3.63, 3.8) is 0 Å². The number of nitrogens with one attached hydrogen (secondary N) is 1. The van der Waals surface area contributed by atoms with Crippen LogP contribution in [0.5, 0.6) is 5.75 Å². The van der Waals surface area contributed by atoms with Crippen molar-refractivity contribution in [2.45, 2.75) is 37.6 Å². The Bertz CT molecular complexity index is 1260. The summed E-state index contributed by atoms with van der Waals surface area (Å²) in [6.45, 7) is 7.59. The quantitative estimate of drug-likeness (QED) is 0.501. The molecule has 2 heterocycles. The van der Waals surface area contributed by atoms with Gasteiger partial charge in [0.2, 0.25) is 0 Å². The van der Waals surface area contributed by atoms with Gasteiger partial charge in [0.1, 0.15) is 18.0 Å². The SMILES string of the molecule is CCN(CC)C/C=C\c1cc(F)ccc1S(=O)(=O)Nc1ccc2c(c1C(=O)OC)OC[C@@H]1CCCN21. The number of rotatable bonds is 9. The van der Waals surface area contributed by atoms with E-state index in [0.29, 0.717) is 18.9 Å². The van der Waals surface area contributed by atoms with E-state index in [-0.39, 0.29) is 27.8 Å². The van der Waals surface area contributed by atoms with Crippen molar-refractivity contribution < 1.29 is 27.1 Å². The number of anilines is 2. The molecule has 8 nitrogen and oxygen atoms in total. The van der Waals surface area contributed by atoms with Gasteiger partial charge in [-0.25, -0.2) is 17.6 Å². The van der Waals surface area contributed by atoms with E-state index in [4.69, 9.17) is 9.47 Å². The van der Waals surface area contributed by atoms with Crippen LogP contribution in [-0.2, 0) is 14.8 Å². The van der Waals surface area contributed by atoms with Gasteiger partial charge in [0.15, 0.2) is 5.75 Å². The Hall–Kier alpha value is -3.11. The normalized spacial score (nSPS) is 17.1. The molecule has 1 fully saturated rings. The molecule has 0 bridgehead atoms. The minimum absolute atomic E-state index is 0.0182. The lowest BCUT2D eigenvalue weighted by atomic mass is 10.1. The molecule has 0 spiro atoms. The summed E-state index contributed by atoms with van der Waals surface area (Å²) < 4.78 is 54.4. The predicted molar refractivity (Wildman–Crippen MR) is 138 cm³/mol. The second-order valence-electron chi connectivity index (χ2n) is 8.80. The summed E-state index contributed by atoms with van der Waals surface area (Å²) in [6, 6.07) is 7.03. The Balaban J connectivity index is 1.70. The van der Waals surface area contributed by atoms with Gasteiger partial charge in [0.05, 0.1) is 29.4 Å². The summed E-state index contributed by atoms with van der Waals surface area (Å²) in [4.78, 5) is 17.0. The monoisotopic (exact) mass is 517 g/mol. The first-order chi connectivity index (χ1) is 17.3. The molecular formula is C26H32FN3O5S. The van der Waals surface area contributed by atoms with Crippen molar-refractivity contribution in [2.24, 2.45) is 0 Å². The molecule has 36 heavy (non-hydrogen) atoms. The summed E-state index contributed by atoms with van der Waals surface area (Å²) in [5.74, 6) is -0.951. The molecule has 1 saturated heterocycles. The standard InChI is InChI=1S/C26H32FN3O5S/c1-4-29(5-2)14-6-8-18-16-19(27)10-13-23(18)36(32,33)28-21-11-12-22-25(24(21)26(31)34-3)35-17-20-9-7-15-30(20)22/h6,8,10-13,16,20,28H,4-5,7,9,14-15,17H2,1-3H3/b8-6-/t20-/m0/s1. The van der Waals surface area contributed by atoms with Gasteiger partial charge in [-0.05, 0) is 61.8 Å². The molecule has 10 heteroatoms. The minimum atomic E-state index is -4.19. The number of benzene rings is 2. The smallest absolute Gasteiger partial charge is 0.343 e. The Morgan fingerprint density at radius 1 is 1.28 bits per heavy atom. The molecule has 1 N–H and O–H groups in total. The Morgan fingerprint density at radius 2 is 2.06 bits per heavy atom. The largest absolute Gasteiger partial charge is 0.488 e. The lowest BCUT2D eigenvalue weighted by Gasteiger charge is -2.34. The van der Waals surface area contributed by atoms with Crippen LogP contribution in [0.3, 0.4) is 0 Å². The zero-order valence-electron chi connectivity index (χ0n) is 20.8. The van der Waals surface area contributed by atoms with E-state index in [2.05, 4.69) is 14.5 Å². The number of likely N-dealkylation sites (N-methyl/N-ethyl adjacent to an activating group) is 1. The predicted octanol–water partition coefficient (Wildman–Crippen LogP) is 4.13. The maximum atomic E-state index is 14.0. The van der Waals surface area contributed by atoms with Crippen LogP contribution in [0.4, 0.5) is 15.8 Å². The molecule has 1 atom stereocenters. The van der Waals surface area contributed by atoms with Crippen LogP contribution in [0, 0.1) is 5.82 Å². The van der Waals surface area contributed by atoms with Gasteiger partial charge in [-0.2, -0.15) is 0 Å². The number of nitrogens with zero attached hydrogens (tertiary/aromatic N) is 2. The van der Waals surface area contributed by atoms with Crippen molar-refractivity contribution in [3.8, 4) is 5.75 Å². The molecule has 194 valence electrons. The van der Waals surface area contributed by atoms with Gasteiger partial charge in [-0.3, -0.25) is 4.72 Å². The van der Waals surface area contributed by atoms with Crippen molar-refractivity contribution in [2.75, 3.05) is 49.5 Å². The third-order valence-corrected chi connectivity index (χ3v) is 8.13. The van der Waals surface area contributed by atoms with Crippen LogP contribution < -0.4 is 14.4 Å². The van der Waals surface area contributed by atoms with Crippen molar-refractivity contribution >= 4 is 33.4 Å². The first-order valence-electron chi connectivity index (χ1n) is 12.1. The molecule has 2 aliphatic rings. The molecule has 0 aliphatic carbocycles. The van der Waals surface area contributed by atoms with E-state index in [1.807, 2.05) is 13.8 Å². The maximum absolute atomic E-state index is 14.0. The summed E-state index contributed by atoms with van der Waals surface area (Å²) in [7, 11) is -2.95. The molecule has 0 amide bonds. The van der Waals surface area contributed by atoms with Gasteiger partial charge in [-0.1, -0.05) is 26.0 Å². The molecule has 0 radical (unpaired) electrons. The highest BCUT2D eigenvalue weighted by Gasteiger charge is 2.36. The molecular weight excluding hydrogens is 485 g/mol. The second kappa shape index (κ2) is 10.9. The van der Waals surface area contributed by atoms with Crippen LogP contribution in [0.25, 0.3) is 6.08 Å².